The number of nitrogens with one attached hydrogen (secondary N) is 2. The second-order valence-corrected chi connectivity index (χ2v) is 14.0. The van der Waals surface area contributed by atoms with Gasteiger partial charge in [-0.2, -0.15) is 0 Å². The first-order valence-electron chi connectivity index (χ1n) is 17.1. The smallest absolute Gasteiger partial charge is 0.258 e. The van der Waals surface area contributed by atoms with Gasteiger partial charge in [0.25, 0.3) is 17.7 Å². The minimum Gasteiger partial charge on any atom is -0.486 e. The Kier molecular flexibility index (Phi) is 11.3. The number of amides is 3. The predicted molar refractivity (Wildman–Crippen MR) is 205 cm³/mol. The number of nitrogens with zero attached hydrogens (tertiary/aromatic N) is 3. The normalized spacial score (nSPS) is 16.3. The lowest BCUT2D eigenvalue weighted by Crippen LogP contribution is -2.49. The van der Waals surface area contributed by atoms with Crippen LogP contribution in [0.3, 0.4) is 0 Å². The summed E-state index contributed by atoms with van der Waals surface area (Å²) in [7, 11) is 1.98. The van der Waals surface area contributed by atoms with Gasteiger partial charge in [-0.15, -0.1) is 11.3 Å². The molecule has 0 spiro atoms. The number of aliphatic hydroxyl groups excluding tert-OH is 1. The lowest BCUT2D eigenvalue weighted by Gasteiger charge is -2.38. The van der Waals surface area contributed by atoms with Crippen molar-refractivity contribution in [3.63, 3.8) is 0 Å². The number of likely N-dealkylation sites (N-methyl/N-ethyl adjacent to an activating group) is 1. The Labute approximate surface area is 307 Å². The van der Waals surface area contributed by atoms with E-state index < -0.39 is 6.04 Å². The number of carbonyl (C=O) groups is 3. The maximum absolute atomic E-state index is 13.9. The minimum atomic E-state index is -0.428. The number of aromatic nitrogens is 1. The van der Waals surface area contributed by atoms with Crippen molar-refractivity contribution in [3.05, 3.63) is 125 Å². The quantitative estimate of drug-likeness (QED) is 0.117. The molecule has 4 aromatic carbocycles. The van der Waals surface area contributed by atoms with Crippen LogP contribution in [-0.2, 0) is 6.54 Å². The first-order chi connectivity index (χ1) is 25.1. The summed E-state index contributed by atoms with van der Waals surface area (Å²) < 4.78 is 6.71. The molecule has 3 amide bonds. The van der Waals surface area contributed by atoms with Crippen LogP contribution in [0.4, 0.5) is 17.1 Å². The van der Waals surface area contributed by atoms with E-state index in [1.807, 2.05) is 62.7 Å². The van der Waals surface area contributed by atoms with Crippen molar-refractivity contribution in [2.45, 2.75) is 32.5 Å². The number of hydrogen-bond donors (Lipinski definition) is 4. The number of nitrogens with two attached hydrogens (primary N) is 1. The van der Waals surface area contributed by atoms with Gasteiger partial charge in [-0.1, -0.05) is 49.4 Å². The van der Waals surface area contributed by atoms with E-state index in [4.69, 9.17) is 10.5 Å². The van der Waals surface area contributed by atoms with Gasteiger partial charge in [-0.25, -0.2) is 4.98 Å². The van der Waals surface area contributed by atoms with Crippen LogP contribution >= 0.6 is 11.3 Å². The summed E-state index contributed by atoms with van der Waals surface area (Å²) in [6.07, 6.45) is 1.35. The summed E-state index contributed by atoms with van der Waals surface area (Å²) in [6, 6.07) is 26.4. The van der Waals surface area contributed by atoms with Crippen LogP contribution in [0.15, 0.2) is 103 Å². The number of ether oxygens (including phenoxy) is 1. The fourth-order valence-electron chi connectivity index (χ4n) is 6.13. The topological polar surface area (TPSA) is 150 Å². The highest BCUT2D eigenvalue weighted by Crippen LogP contribution is 2.35. The van der Waals surface area contributed by atoms with Crippen LogP contribution < -0.4 is 21.1 Å². The van der Waals surface area contributed by atoms with Crippen molar-refractivity contribution in [3.8, 4) is 16.3 Å². The lowest BCUT2D eigenvalue weighted by atomic mass is 9.98. The Hall–Kier alpha value is -5.56. The second kappa shape index (κ2) is 16.2. The molecule has 268 valence electrons. The molecule has 1 aliphatic rings. The van der Waals surface area contributed by atoms with Crippen LogP contribution in [0.5, 0.6) is 5.75 Å². The van der Waals surface area contributed by atoms with Crippen LogP contribution in [0, 0.1) is 5.92 Å². The third-order valence-corrected chi connectivity index (χ3v) is 9.96. The number of benzene rings is 4. The molecule has 11 nitrogen and oxygen atoms in total. The van der Waals surface area contributed by atoms with Crippen LogP contribution in [0.25, 0.3) is 10.6 Å². The first-order valence-corrected chi connectivity index (χ1v) is 17.9. The minimum absolute atomic E-state index is 0.132. The molecule has 12 heteroatoms. The highest BCUT2D eigenvalue weighted by atomic mass is 32.1. The molecule has 0 unspecified atom stereocenters. The highest BCUT2D eigenvalue weighted by Gasteiger charge is 2.34. The van der Waals surface area contributed by atoms with Gasteiger partial charge >= 0.3 is 0 Å². The Balaban J connectivity index is 1.20. The van der Waals surface area contributed by atoms with Gasteiger partial charge < -0.3 is 31.1 Å². The summed E-state index contributed by atoms with van der Waals surface area (Å²) in [5, 5.41) is 18.7. The van der Waals surface area contributed by atoms with Crippen molar-refractivity contribution in [1.29, 1.82) is 0 Å². The number of nitrogen functional groups attached to an aromatic ring is 1. The van der Waals surface area contributed by atoms with Crippen LogP contribution in [0.1, 0.15) is 50.5 Å². The van der Waals surface area contributed by atoms with E-state index in [0.29, 0.717) is 53.4 Å². The molecule has 0 bridgehead atoms. The van der Waals surface area contributed by atoms with E-state index in [0.717, 1.165) is 16.1 Å². The van der Waals surface area contributed by atoms with Crippen molar-refractivity contribution in [1.82, 2.24) is 14.8 Å². The van der Waals surface area contributed by atoms with Gasteiger partial charge in [0.05, 0.1) is 35.3 Å². The largest absolute Gasteiger partial charge is 0.486 e. The summed E-state index contributed by atoms with van der Waals surface area (Å²) in [5.41, 5.74) is 10.6. The van der Waals surface area contributed by atoms with Crippen molar-refractivity contribution < 1.29 is 24.2 Å². The highest BCUT2D eigenvalue weighted by molar-refractivity contribution is 7.13. The monoisotopic (exact) mass is 718 g/mol. The molecule has 6 rings (SSSR count). The van der Waals surface area contributed by atoms with E-state index >= 15 is 0 Å². The van der Waals surface area contributed by atoms with E-state index in [2.05, 4.69) is 20.5 Å². The molecule has 0 radical (unpaired) electrons. The lowest BCUT2D eigenvalue weighted by molar-refractivity contribution is 0.0343. The maximum Gasteiger partial charge on any atom is 0.258 e. The Morgan fingerprint density at radius 2 is 1.63 bits per heavy atom. The fourth-order valence-corrected chi connectivity index (χ4v) is 6.78. The zero-order valence-corrected chi connectivity index (χ0v) is 30.1. The molecule has 5 N–H and O–H groups in total. The van der Waals surface area contributed by atoms with E-state index in [1.54, 1.807) is 65.7 Å². The van der Waals surface area contributed by atoms with E-state index in [-0.39, 0.29) is 42.1 Å². The number of para-hydroxylation sites is 3. The van der Waals surface area contributed by atoms with E-state index in [9.17, 15) is 19.5 Å². The molecule has 0 saturated carbocycles. The summed E-state index contributed by atoms with van der Waals surface area (Å²) in [6.45, 7) is 5.07. The first kappa shape index (κ1) is 36.2. The third-order valence-electron chi connectivity index (χ3n) is 9.13. The standard InChI is InChI=1S/C40H42N6O5S/c1-25-21-46(26(2)24-47)40(50)31-7-6-10-34(44-38(49)29-15-17-30(18-16-29)39-42-19-20-52-39)36(31)51-35(25)23-45(3)22-27-11-13-28(14-12-27)37(48)43-33-9-5-4-8-32(33)41/h4-20,25-26,35,47H,21-24,41H2,1-3H3,(H,43,48)(H,44,49)/t25-,26+,35-/m1/s1. The molecule has 0 aliphatic carbocycles. The van der Waals surface area contributed by atoms with Gasteiger partial charge in [0.2, 0.25) is 0 Å². The molecular weight excluding hydrogens is 677 g/mol. The number of aliphatic hydroxyl groups is 1. The number of thiazole rings is 1. The molecule has 3 atom stereocenters. The fraction of sp³-hybridized carbons (Fsp3) is 0.250. The number of anilines is 3. The van der Waals surface area contributed by atoms with Gasteiger partial charge in [0.1, 0.15) is 11.1 Å². The average molecular weight is 719 g/mol. The molecule has 2 heterocycles. The van der Waals surface area contributed by atoms with Crippen LogP contribution in [0.2, 0.25) is 0 Å². The van der Waals surface area contributed by atoms with Gasteiger partial charge in [0.15, 0.2) is 5.75 Å². The Morgan fingerprint density at radius 1 is 0.981 bits per heavy atom. The molecule has 0 saturated heterocycles. The van der Waals surface area contributed by atoms with Gasteiger partial charge in [-0.3, -0.25) is 19.3 Å². The SMILES string of the molecule is C[C@@H]1CN([C@@H](C)CO)C(=O)c2cccc(NC(=O)c3ccc(-c4nccs4)cc3)c2O[C@@H]1CN(C)Cc1ccc(C(=O)Nc2ccccc2N)cc1. The van der Waals surface area contributed by atoms with Crippen LogP contribution in [-0.4, -0.2) is 76.5 Å². The molecule has 0 fully saturated rings. The number of carbonyl (C=O) groups excluding carboxylic acids is 3. The molecular formula is C40H42N6O5S. The van der Waals surface area contributed by atoms with Gasteiger partial charge in [0, 0.05) is 53.8 Å². The second-order valence-electron chi connectivity index (χ2n) is 13.1. The Morgan fingerprint density at radius 3 is 2.29 bits per heavy atom. The van der Waals surface area contributed by atoms with Crippen molar-refractivity contribution in [2.24, 2.45) is 5.92 Å². The molecule has 52 heavy (non-hydrogen) atoms. The summed E-state index contributed by atoms with van der Waals surface area (Å²) in [5.74, 6) is -0.718. The Bertz CT molecular complexity index is 2020. The zero-order chi connectivity index (χ0) is 36.8. The maximum atomic E-state index is 13.9. The van der Waals surface area contributed by atoms with E-state index in [1.165, 1.54) is 11.3 Å². The molecule has 1 aromatic heterocycles. The zero-order valence-electron chi connectivity index (χ0n) is 29.3. The van der Waals surface area contributed by atoms with Gasteiger partial charge in [-0.05, 0) is 68.1 Å². The third kappa shape index (κ3) is 8.31. The predicted octanol–water partition coefficient (Wildman–Crippen LogP) is 6.25. The number of fused-ring (bicyclic) bond motifs is 1. The van der Waals surface area contributed by atoms with Crippen molar-refractivity contribution in [2.75, 3.05) is 43.1 Å². The number of hydrogen-bond acceptors (Lipinski definition) is 9. The summed E-state index contributed by atoms with van der Waals surface area (Å²) in [4.78, 5) is 48.4. The molecule has 1 aliphatic heterocycles. The summed E-state index contributed by atoms with van der Waals surface area (Å²) >= 11 is 1.52. The number of rotatable bonds is 11. The average Bonchev–Trinajstić information content (AvgIpc) is 3.70. The van der Waals surface area contributed by atoms with Crippen molar-refractivity contribution >= 4 is 46.1 Å². The molecule has 5 aromatic rings.